The fourth-order valence-electron chi connectivity index (χ4n) is 5.23. The molecule has 0 saturated heterocycles. The smallest absolute Gasteiger partial charge is 0.241 e. The molecule has 2 aromatic heterocycles. The predicted molar refractivity (Wildman–Crippen MR) is 169 cm³/mol. The van der Waals surface area contributed by atoms with Crippen molar-refractivity contribution in [3.8, 4) is 45.5 Å². The molecule has 4 nitrogen and oxygen atoms in total. The zero-order valence-electron chi connectivity index (χ0n) is 31.5. The minimum atomic E-state index is -2.63. The van der Waals surface area contributed by atoms with E-state index in [2.05, 4.69) is 22.1 Å². The van der Waals surface area contributed by atoms with Crippen LogP contribution in [0.25, 0.3) is 22.5 Å². The summed E-state index contributed by atoms with van der Waals surface area (Å²) in [6, 6.07) is 35.3. The standard InChI is InChI=1S/C25H17BNO2.C12H10N.Ir/c1-15-13-20(27-14-16(15)2)17-7-5-9-19-25(17)29-23-12-6-11-22-24(23)26(19)18-8-3-4-10-21(18)28-22;1-10-7-8-12(13-9-10)11-5-3-2-4-6-11;/h3-6,8-14H,1-2H3;2-5,7-9H,1H3;/q2*-1;/i1D3,2D3;1D3;. The third kappa shape index (κ3) is 5.40. The topological polar surface area (TPSA) is 44.2 Å². The Bertz CT molecular complexity index is 2250. The van der Waals surface area contributed by atoms with Crippen LogP contribution in [0.15, 0.2) is 109 Å². The van der Waals surface area contributed by atoms with Crippen LogP contribution in [0.3, 0.4) is 0 Å². The molecule has 2 aliphatic rings. The van der Waals surface area contributed by atoms with E-state index >= 15 is 0 Å². The van der Waals surface area contributed by atoms with Gasteiger partial charge in [0.25, 0.3) is 0 Å². The predicted octanol–water partition coefficient (Wildman–Crippen LogP) is 6.75. The normalized spacial score (nSPS) is 15.7. The molecule has 0 amide bonds. The molecule has 0 atom stereocenters. The molecule has 6 aromatic rings. The van der Waals surface area contributed by atoms with Crippen molar-refractivity contribution in [1.82, 2.24) is 9.97 Å². The average molecular weight is 744 g/mol. The number of aryl methyl sites for hydroxylation is 3. The van der Waals surface area contributed by atoms with E-state index in [-0.39, 0.29) is 49.2 Å². The van der Waals surface area contributed by atoms with Gasteiger partial charge in [-0.05, 0) is 66.7 Å². The second-order valence-corrected chi connectivity index (χ2v) is 9.80. The molecular formula is C37H27BIrN2O2-2. The van der Waals surface area contributed by atoms with Gasteiger partial charge in [-0.25, -0.2) is 0 Å². The molecule has 6 heteroatoms. The molecule has 2 aliphatic heterocycles. The monoisotopic (exact) mass is 744 g/mol. The van der Waals surface area contributed by atoms with Crippen LogP contribution < -0.4 is 25.9 Å². The molecule has 0 saturated carbocycles. The number of ether oxygens (including phenoxy) is 2. The third-order valence-electron chi connectivity index (χ3n) is 7.18. The van der Waals surface area contributed by atoms with E-state index in [0.29, 0.717) is 17.1 Å². The molecular weight excluding hydrogens is 707 g/mol. The van der Waals surface area contributed by atoms with Crippen molar-refractivity contribution in [3.05, 3.63) is 138 Å². The van der Waals surface area contributed by atoms with Crippen LogP contribution in [0.1, 0.15) is 29.0 Å². The maximum atomic E-state index is 7.91. The molecule has 0 N–H and O–H groups in total. The van der Waals surface area contributed by atoms with Crippen molar-refractivity contribution in [2.45, 2.75) is 20.6 Å². The summed E-state index contributed by atoms with van der Waals surface area (Å²) in [5.74, 6) is 2.61. The van der Waals surface area contributed by atoms with Gasteiger partial charge >= 0.3 is 0 Å². The number of pyridine rings is 2. The van der Waals surface area contributed by atoms with E-state index in [9.17, 15) is 0 Å². The summed E-state index contributed by atoms with van der Waals surface area (Å²) in [6.45, 7) is -7.48. The second-order valence-electron chi connectivity index (χ2n) is 9.80. The van der Waals surface area contributed by atoms with Crippen molar-refractivity contribution < 1.29 is 41.9 Å². The van der Waals surface area contributed by atoms with Gasteiger partial charge < -0.3 is 19.4 Å². The molecule has 1 radical (unpaired) electrons. The van der Waals surface area contributed by atoms with Crippen LogP contribution in [-0.2, 0) is 20.1 Å². The van der Waals surface area contributed by atoms with E-state index in [1.165, 1.54) is 12.3 Å². The maximum absolute atomic E-state index is 7.91. The van der Waals surface area contributed by atoms with Gasteiger partial charge in [0.2, 0.25) is 6.71 Å². The first-order valence-electron chi connectivity index (χ1n) is 17.8. The zero-order valence-corrected chi connectivity index (χ0v) is 24.9. The molecule has 43 heavy (non-hydrogen) atoms. The summed E-state index contributed by atoms with van der Waals surface area (Å²) < 4.78 is 81.2. The number of benzene rings is 4. The Morgan fingerprint density at radius 1 is 0.674 bits per heavy atom. The fraction of sp³-hybridized carbons (Fsp3) is 0.0811. The van der Waals surface area contributed by atoms with Crippen LogP contribution in [0.4, 0.5) is 0 Å². The van der Waals surface area contributed by atoms with Gasteiger partial charge in [0.1, 0.15) is 17.2 Å². The van der Waals surface area contributed by atoms with Crippen LogP contribution in [-0.4, -0.2) is 16.7 Å². The summed E-state index contributed by atoms with van der Waals surface area (Å²) in [7, 11) is 0. The quantitative estimate of drug-likeness (QED) is 0.145. The van der Waals surface area contributed by atoms with Crippen LogP contribution in [0, 0.1) is 32.7 Å². The molecule has 0 unspecified atom stereocenters. The molecule has 0 bridgehead atoms. The first-order chi connectivity index (χ1) is 24.2. The Kier molecular flexibility index (Phi) is 5.48. The van der Waals surface area contributed by atoms with Crippen molar-refractivity contribution in [1.29, 1.82) is 0 Å². The van der Waals surface area contributed by atoms with E-state index in [4.69, 9.17) is 21.8 Å². The van der Waals surface area contributed by atoms with Crippen molar-refractivity contribution in [2.24, 2.45) is 0 Å². The van der Waals surface area contributed by atoms with Crippen LogP contribution >= 0.6 is 0 Å². The van der Waals surface area contributed by atoms with Gasteiger partial charge in [0.05, 0.1) is 0 Å². The molecule has 0 spiro atoms. The number of hydrogen-bond acceptors (Lipinski definition) is 4. The Morgan fingerprint density at radius 2 is 1.49 bits per heavy atom. The van der Waals surface area contributed by atoms with E-state index in [0.717, 1.165) is 45.3 Å². The summed E-state index contributed by atoms with van der Waals surface area (Å²) in [4.78, 5) is 8.46. The molecule has 0 aliphatic carbocycles. The first-order valence-corrected chi connectivity index (χ1v) is 13.3. The minimum Gasteiger partial charge on any atom is -0.503 e. The van der Waals surface area contributed by atoms with Gasteiger partial charge in [0, 0.05) is 56.0 Å². The van der Waals surface area contributed by atoms with E-state index in [1.807, 2.05) is 66.7 Å². The average Bonchev–Trinajstić information content (AvgIpc) is 3.10. The summed E-state index contributed by atoms with van der Waals surface area (Å²) >= 11 is 0. The minimum absolute atomic E-state index is 0. The molecule has 211 valence electrons. The van der Waals surface area contributed by atoms with Gasteiger partial charge in [0.15, 0.2) is 0 Å². The van der Waals surface area contributed by atoms with Crippen LogP contribution in [0.2, 0.25) is 0 Å². The van der Waals surface area contributed by atoms with Gasteiger partial charge in [-0.15, -0.1) is 59.6 Å². The van der Waals surface area contributed by atoms with Crippen molar-refractivity contribution >= 4 is 23.1 Å². The summed E-state index contributed by atoms with van der Waals surface area (Å²) in [5, 5.41) is 0. The van der Waals surface area contributed by atoms with E-state index in [1.54, 1.807) is 24.3 Å². The van der Waals surface area contributed by atoms with Crippen molar-refractivity contribution in [2.75, 3.05) is 0 Å². The maximum Gasteiger partial charge on any atom is 0.241 e. The van der Waals surface area contributed by atoms with Gasteiger partial charge in [-0.1, -0.05) is 53.6 Å². The Morgan fingerprint density at radius 3 is 2.28 bits per heavy atom. The number of nitrogens with zero attached hydrogens (tertiary/aromatic N) is 2. The Hall–Kier alpha value is -4.51. The van der Waals surface area contributed by atoms with Crippen LogP contribution in [0.5, 0.6) is 23.0 Å². The number of para-hydroxylation sites is 1. The Balaban J connectivity index is 0.000000230. The molecule has 4 aromatic carbocycles. The van der Waals surface area contributed by atoms with Gasteiger partial charge in [-0.2, -0.15) is 0 Å². The van der Waals surface area contributed by atoms with Crippen molar-refractivity contribution in [3.63, 3.8) is 0 Å². The fourth-order valence-corrected chi connectivity index (χ4v) is 5.23. The van der Waals surface area contributed by atoms with E-state index < -0.39 is 20.6 Å². The first kappa shape index (κ1) is 19.6. The number of rotatable bonds is 2. The molecule has 0 fully saturated rings. The molecule has 8 rings (SSSR count). The number of hydrogen-bond donors (Lipinski definition) is 0. The zero-order chi connectivity index (χ0) is 36.1. The largest absolute Gasteiger partial charge is 0.503 e. The number of aromatic nitrogens is 2. The summed E-state index contributed by atoms with van der Waals surface area (Å²) in [6.07, 6.45) is 2.51. The Labute approximate surface area is 278 Å². The second kappa shape index (κ2) is 12.0. The van der Waals surface area contributed by atoms with Gasteiger partial charge in [-0.3, -0.25) is 0 Å². The summed E-state index contributed by atoms with van der Waals surface area (Å²) in [5.41, 5.74) is 4.81. The third-order valence-corrected chi connectivity index (χ3v) is 7.18. The molecule has 4 heterocycles. The number of fused-ring (bicyclic) bond motifs is 4. The SMILES string of the molecule is [2H]C([2H])([2H])c1ccc(-c2[c-]cccc2)nc1.[2H]C([2H])([2H])c1cnc(-c2[c-]ccc3c2Oc2cccc4c2B3c2ccccc2O4)cc1C([2H])([2H])[2H].[Ir].